The molecule has 0 bridgehead atoms. The molecule has 1 rings (SSSR count). The number of rotatable bonds is 5. The Morgan fingerprint density at radius 3 is 3.12 bits per heavy atom. The van der Waals surface area contributed by atoms with E-state index in [1.807, 2.05) is 0 Å². The Kier molecular flexibility index (Phi) is 5.83. The van der Waals surface area contributed by atoms with Crippen molar-refractivity contribution in [3.63, 3.8) is 0 Å². The third-order valence-corrected chi connectivity index (χ3v) is 2.70. The van der Waals surface area contributed by atoms with Gasteiger partial charge >= 0.3 is 0 Å². The molecule has 0 aliphatic carbocycles. The summed E-state index contributed by atoms with van der Waals surface area (Å²) in [5.74, 6) is -0.0540. The Morgan fingerprint density at radius 2 is 2.44 bits per heavy atom. The fourth-order valence-corrected chi connectivity index (χ4v) is 1.76. The highest BCUT2D eigenvalue weighted by Gasteiger charge is 2.25. The van der Waals surface area contributed by atoms with Crippen LogP contribution in [0.3, 0.4) is 0 Å². The fourth-order valence-electron chi connectivity index (χ4n) is 1.76. The highest BCUT2D eigenvalue weighted by atomic mass is 16.5. The summed E-state index contributed by atoms with van der Waals surface area (Å²) < 4.78 is 5.38. The molecule has 0 aromatic carbocycles. The smallest absolute Gasteiger partial charge is 0.250 e. The summed E-state index contributed by atoms with van der Waals surface area (Å²) >= 11 is 0. The normalized spacial score (nSPS) is 21.4. The van der Waals surface area contributed by atoms with Crippen molar-refractivity contribution >= 4 is 5.91 Å². The molecule has 0 saturated carbocycles. The lowest BCUT2D eigenvalue weighted by atomic mass is 10.2. The van der Waals surface area contributed by atoms with Crippen molar-refractivity contribution in [2.45, 2.75) is 25.4 Å². The Hall–Kier alpha value is -1.12. The maximum Gasteiger partial charge on any atom is 0.250 e. The average Bonchev–Trinajstić information content (AvgIpc) is 2.34. The second-order valence-electron chi connectivity index (χ2n) is 3.89. The van der Waals surface area contributed by atoms with Gasteiger partial charge in [0, 0.05) is 26.6 Å². The number of amides is 1. The quantitative estimate of drug-likeness (QED) is 0.675. The lowest BCUT2D eigenvalue weighted by Gasteiger charge is -2.31. The number of carbonyl (C=O) groups is 1. The SMILES string of the molecule is CNC(=O)[C@H]1CN(CCCCC#N)CCO1. The van der Waals surface area contributed by atoms with Crippen LogP contribution in [0.1, 0.15) is 19.3 Å². The largest absolute Gasteiger partial charge is 0.366 e. The van der Waals surface area contributed by atoms with E-state index in [2.05, 4.69) is 16.3 Å². The van der Waals surface area contributed by atoms with Crippen LogP contribution in [0.5, 0.6) is 0 Å². The minimum absolute atomic E-state index is 0.0540. The first-order valence-electron chi connectivity index (χ1n) is 5.70. The summed E-state index contributed by atoms with van der Waals surface area (Å²) in [6.45, 7) is 3.08. The number of hydrogen-bond donors (Lipinski definition) is 1. The molecule has 1 amide bonds. The van der Waals surface area contributed by atoms with Gasteiger partial charge in [0.05, 0.1) is 12.7 Å². The molecular formula is C11H19N3O2. The van der Waals surface area contributed by atoms with E-state index >= 15 is 0 Å². The Bertz CT molecular complexity index is 262. The van der Waals surface area contributed by atoms with E-state index < -0.39 is 0 Å². The van der Waals surface area contributed by atoms with Gasteiger partial charge in [-0.2, -0.15) is 5.26 Å². The topological polar surface area (TPSA) is 65.4 Å². The number of unbranched alkanes of at least 4 members (excludes halogenated alkanes) is 2. The molecule has 5 nitrogen and oxygen atoms in total. The van der Waals surface area contributed by atoms with Gasteiger partial charge in [0.1, 0.15) is 6.10 Å². The van der Waals surface area contributed by atoms with E-state index in [4.69, 9.17) is 10.00 Å². The van der Waals surface area contributed by atoms with Crippen molar-refractivity contribution in [1.29, 1.82) is 5.26 Å². The molecule has 0 spiro atoms. The molecule has 90 valence electrons. The third-order valence-electron chi connectivity index (χ3n) is 2.70. The molecule has 0 aromatic heterocycles. The van der Waals surface area contributed by atoms with Crippen molar-refractivity contribution in [1.82, 2.24) is 10.2 Å². The van der Waals surface area contributed by atoms with Crippen molar-refractivity contribution in [2.24, 2.45) is 0 Å². The number of carbonyl (C=O) groups excluding carboxylic acids is 1. The maximum absolute atomic E-state index is 11.4. The molecule has 1 atom stereocenters. The first-order valence-corrected chi connectivity index (χ1v) is 5.70. The third kappa shape index (κ3) is 4.17. The standard InChI is InChI=1S/C11H19N3O2/c1-13-11(15)10-9-14(7-8-16-10)6-4-2-3-5-12/h10H,2-4,6-9H2,1H3,(H,13,15)/t10-/m1/s1. The molecule has 0 radical (unpaired) electrons. The van der Waals surface area contributed by atoms with Gasteiger partial charge in [-0.25, -0.2) is 0 Å². The molecule has 1 fully saturated rings. The van der Waals surface area contributed by atoms with E-state index in [0.29, 0.717) is 19.6 Å². The maximum atomic E-state index is 11.4. The molecule has 1 aliphatic rings. The molecule has 1 aliphatic heterocycles. The first kappa shape index (κ1) is 12.9. The molecule has 16 heavy (non-hydrogen) atoms. The van der Waals surface area contributed by atoms with E-state index in [1.54, 1.807) is 7.05 Å². The van der Waals surface area contributed by atoms with Gasteiger partial charge in [0.15, 0.2) is 0 Å². The lowest BCUT2D eigenvalue weighted by molar-refractivity contribution is -0.138. The highest BCUT2D eigenvalue weighted by Crippen LogP contribution is 2.07. The van der Waals surface area contributed by atoms with Gasteiger partial charge in [-0.3, -0.25) is 9.69 Å². The molecule has 5 heteroatoms. The zero-order chi connectivity index (χ0) is 11.8. The number of hydrogen-bond acceptors (Lipinski definition) is 4. The van der Waals surface area contributed by atoms with Gasteiger partial charge in [0.25, 0.3) is 0 Å². The van der Waals surface area contributed by atoms with Crippen LogP contribution in [0.25, 0.3) is 0 Å². The van der Waals surface area contributed by atoms with Crippen LogP contribution < -0.4 is 5.32 Å². The Balaban J connectivity index is 2.23. The summed E-state index contributed by atoms with van der Waals surface area (Å²) in [6.07, 6.45) is 2.21. The van der Waals surface area contributed by atoms with Crippen LogP contribution in [0.2, 0.25) is 0 Å². The summed E-state index contributed by atoms with van der Waals surface area (Å²) in [7, 11) is 1.62. The number of nitrogens with zero attached hydrogens (tertiary/aromatic N) is 2. The summed E-state index contributed by atoms with van der Waals surface area (Å²) in [4.78, 5) is 13.6. The monoisotopic (exact) mass is 225 g/mol. The lowest BCUT2D eigenvalue weighted by Crippen LogP contribution is -2.49. The molecule has 0 aromatic rings. The van der Waals surface area contributed by atoms with Gasteiger partial charge < -0.3 is 10.1 Å². The van der Waals surface area contributed by atoms with Crippen LogP contribution in [-0.2, 0) is 9.53 Å². The fraction of sp³-hybridized carbons (Fsp3) is 0.818. The predicted molar refractivity (Wildman–Crippen MR) is 59.7 cm³/mol. The minimum Gasteiger partial charge on any atom is -0.366 e. The zero-order valence-corrected chi connectivity index (χ0v) is 9.74. The number of ether oxygens (including phenoxy) is 1. The Labute approximate surface area is 96.4 Å². The molecule has 1 N–H and O–H groups in total. The van der Waals surface area contributed by atoms with Crippen LogP contribution >= 0.6 is 0 Å². The second-order valence-corrected chi connectivity index (χ2v) is 3.89. The van der Waals surface area contributed by atoms with Crippen molar-refractivity contribution < 1.29 is 9.53 Å². The Morgan fingerprint density at radius 1 is 1.62 bits per heavy atom. The summed E-state index contributed by atoms with van der Waals surface area (Å²) in [6, 6.07) is 2.13. The van der Waals surface area contributed by atoms with Crippen LogP contribution in [0.15, 0.2) is 0 Å². The van der Waals surface area contributed by atoms with E-state index in [0.717, 1.165) is 25.9 Å². The van der Waals surface area contributed by atoms with Gasteiger partial charge in [-0.05, 0) is 19.4 Å². The molecule has 1 saturated heterocycles. The van der Waals surface area contributed by atoms with Gasteiger partial charge in [-0.1, -0.05) is 0 Å². The van der Waals surface area contributed by atoms with E-state index in [1.165, 1.54) is 0 Å². The number of morpholine rings is 1. The number of likely N-dealkylation sites (N-methyl/N-ethyl adjacent to an activating group) is 1. The molecule has 0 unspecified atom stereocenters. The van der Waals surface area contributed by atoms with Crippen LogP contribution in [0, 0.1) is 11.3 Å². The van der Waals surface area contributed by atoms with E-state index in [-0.39, 0.29) is 12.0 Å². The van der Waals surface area contributed by atoms with Gasteiger partial charge in [-0.15, -0.1) is 0 Å². The number of nitriles is 1. The number of nitrogens with one attached hydrogen (secondary N) is 1. The predicted octanol–water partition coefficient (Wildman–Crippen LogP) is 0.127. The first-order chi connectivity index (χ1) is 7.77. The van der Waals surface area contributed by atoms with Crippen LogP contribution in [-0.4, -0.2) is 50.2 Å². The average molecular weight is 225 g/mol. The molecule has 1 heterocycles. The van der Waals surface area contributed by atoms with Crippen LogP contribution in [0.4, 0.5) is 0 Å². The van der Waals surface area contributed by atoms with Gasteiger partial charge in [0.2, 0.25) is 5.91 Å². The van der Waals surface area contributed by atoms with E-state index in [9.17, 15) is 4.79 Å². The minimum atomic E-state index is -0.338. The van der Waals surface area contributed by atoms with Crippen molar-refractivity contribution in [3.05, 3.63) is 0 Å². The van der Waals surface area contributed by atoms with Crippen molar-refractivity contribution in [3.8, 4) is 6.07 Å². The summed E-state index contributed by atoms with van der Waals surface area (Å²) in [5, 5.41) is 11.0. The van der Waals surface area contributed by atoms with Crippen molar-refractivity contribution in [2.75, 3.05) is 33.3 Å². The zero-order valence-electron chi connectivity index (χ0n) is 9.74. The highest BCUT2D eigenvalue weighted by molar-refractivity contribution is 5.80. The second kappa shape index (κ2) is 7.20. The summed E-state index contributed by atoms with van der Waals surface area (Å²) in [5.41, 5.74) is 0. The molecular weight excluding hydrogens is 206 g/mol.